The largest absolute Gasteiger partial charge is 0.278 e. The van der Waals surface area contributed by atoms with Crippen molar-refractivity contribution < 1.29 is 0 Å². The molecule has 3 rings (SSSR count). The first-order valence-electron chi connectivity index (χ1n) is 5.58. The molecule has 1 heterocycles. The van der Waals surface area contributed by atoms with Crippen LogP contribution >= 0.6 is 0 Å². The third kappa shape index (κ3) is 2.11. The third-order valence-electron chi connectivity index (χ3n) is 2.73. The first-order valence-corrected chi connectivity index (χ1v) is 5.58. The molecule has 0 amide bonds. The maximum absolute atomic E-state index is 4.01. The normalized spacial score (nSPS) is 11.3. The van der Waals surface area contributed by atoms with E-state index in [9.17, 15) is 0 Å². The van der Waals surface area contributed by atoms with E-state index < -0.39 is 0 Å². The van der Waals surface area contributed by atoms with Crippen LogP contribution in [0.1, 0.15) is 11.1 Å². The molecule has 1 aromatic heterocycles. The molecule has 0 atom stereocenters. The minimum absolute atomic E-state index is 1.07. The number of nitrogens with one attached hydrogen (secondary N) is 1. The zero-order chi connectivity index (χ0) is 11.5. The fourth-order valence-electron chi connectivity index (χ4n) is 1.82. The Morgan fingerprint density at radius 3 is 2.59 bits per heavy atom. The fraction of sp³-hybridized carbons (Fsp3) is 0. The van der Waals surface area contributed by atoms with E-state index in [-0.39, 0.29) is 0 Å². The molecule has 0 radical (unpaired) electrons. The van der Waals surface area contributed by atoms with E-state index in [1.807, 2.05) is 30.5 Å². The number of hydrogen-bond donors (Lipinski definition) is 1. The molecule has 2 heteroatoms. The van der Waals surface area contributed by atoms with Crippen molar-refractivity contribution in [3.8, 4) is 0 Å². The van der Waals surface area contributed by atoms with E-state index in [2.05, 4.69) is 46.6 Å². The van der Waals surface area contributed by atoms with Gasteiger partial charge in [0.1, 0.15) is 0 Å². The lowest BCUT2D eigenvalue weighted by atomic mass is 10.1. The van der Waals surface area contributed by atoms with Crippen molar-refractivity contribution in [3.63, 3.8) is 0 Å². The Balaban J connectivity index is 1.92. The number of H-pyrrole nitrogens is 1. The van der Waals surface area contributed by atoms with E-state index in [4.69, 9.17) is 0 Å². The summed E-state index contributed by atoms with van der Waals surface area (Å²) in [5, 5.41) is 8.10. The zero-order valence-corrected chi connectivity index (χ0v) is 9.30. The molecule has 3 aromatic rings. The van der Waals surface area contributed by atoms with Crippen LogP contribution in [0, 0.1) is 0 Å². The molecule has 82 valence electrons. The Hall–Kier alpha value is -2.35. The van der Waals surface area contributed by atoms with Gasteiger partial charge in [0.25, 0.3) is 0 Å². The molecule has 0 bridgehead atoms. The summed E-state index contributed by atoms with van der Waals surface area (Å²) in [6, 6.07) is 16.5. The lowest BCUT2D eigenvalue weighted by Gasteiger charge is -1.94. The highest BCUT2D eigenvalue weighted by molar-refractivity contribution is 5.82. The van der Waals surface area contributed by atoms with Crippen LogP contribution in [0.5, 0.6) is 0 Å². The Bertz CT molecular complexity index is 651. The second kappa shape index (κ2) is 4.26. The number of nitrogens with zero attached hydrogens (tertiary/aromatic N) is 1. The van der Waals surface area contributed by atoms with Crippen molar-refractivity contribution >= 4 is 23.1 Å². The summed E-state index contributed by atoms with van der Waals surface area (Å²) < 4.78 is 0. The third-order valence-corrected chi connectivity index (χ3v) is 2.73. The van der Waals surface area contributed by atoms with Crippen LogP contribution < -0.4 is 0 Å². The van der Waals surface area contributed by atoms with Gasteiger partial charge in [-0.05, 0) is 23.3 Å². The van der Waals surface area contributed by atoms with Crippen molar-refractivity contribution in [2.45, 2.75) is 0 Å². The molecule has 0 aliphatic heterocycles. The van der Waals surface area contributed by atoms with Crippen molar-refractivity contribution in [1.82, 2.24) is 10.2 Å². The fourth-order valence-corrected chi connectivity index (χ4v) is 1.82. The maximum Gasteiger partial charge on any atom is 0.0650 e. The molecular formula is C15H12N2. The Morgan fingerprint density at radius 2 is 1.71 bits per heavy atom. The van der Waals surface area contributed by atoms with Crippen LogP contribution in [0.3, 0.4) is 0 Å². The van der Waals surface area contributed by atoms with E-state index >= 15 is 0 Å². The highest BCUT2D eigenvalue weighted by atomic mass is 15.1. The van der Waals surface area contributed by atoms with Crippen LogP contribution in [-0.2, 0) is 0 Å². The highest BCUT2D eigenvalue weighted by Crippen LogP contribution is 2.15. The molecule has 1 N–H and O–H groups in total. The number of fused-ring (bicyclic) bond motifs is 1. The van der Waals surface area contributed by atoms with Crippen LogP contribution in [-0.4, -0.2) is 10.2 Å². The molecule has 0 aliphatic carbocycles. The summed E-state index contributed by atoms with van der Waals surface area (Å²) in [4.78, 5) is 0. The zero-order valence-electron chi connectivity index (χ0n) is 9.30. The van der Waals surface area contributed by atoms with Gasteiger partial charge in [0.05, 0.1) is 11.7 Å². The van der Waals surface area contributed by atoms with Crippen molar-refractivity contribution in [1.29, 1.82) is 0 Å². The van der Waals surface area contributed by atoms with Gasteiger partial charge >= 0.3 is 0 Å². The summed E-state index contributed by atoms with van der Waals surface area (Å²) in [6.45, 7) is 0. The van der Waals surface area contributed by atoms with Gasteiger partial charge in [0, 0.05) is 5.39 Å². The van der Waals surface area contributed by atoms with Gasteiger partial charge in [0.15, 0.2) is 0 Å². The Morgan fingerprint density at radius 1 is 0.882 bits per heavy atom. The molecule has 0 fully saturated rings. The number of hydrogen-bond acceptors (Lipinski definition) is 1. The Labute approximate surface area is 99.6 Å². The van der Waals surface area contributed by atoms with E-state index in [1.165, 1.54) is 11.1 Å². The number of aromatic nitrogens is 2. The topological polar surface area (TPSA) is 28.7 Å². The SMILES string of the molecule is C(=Cc1ccc2[nH]ncc2c1)c1ccccc1. The quantitative estimate of drug-likeness (QED) is 0.655. The van der Waals surface area contributed by atoms with Gasteiger partial charge in [-0.1, -0.05) is 48.6 Å². The predicted molar refractivity (Wildman–Crippen MR) is 71.5 cm³/mol. The molecule has 0 saturated carbocycles. The van der Waals surface area contributed by atoms with Gasteiger partial charge in [0.2, 0.25) is 0 Å². The van der Waals surface area contributed by atoms with Gasteiger partial charge in [-0.15, -0.1) is 0 Å². The summed E-state index contributed by atoms with van der Waals surface area (Å²) in [5.74, 6) is 0. The minimum Gasteiger partial charge on any atom is -0.278 e. The first-order chi connectivity index (χ1) is 8.42. The van der Waals surface area contributed by atoms with Crippen molar-refractivity contribution in [2.75, 3.05) is 0 Å². The van der Waals surface area contributed by atoms with Crippen LogP contribution in [0.2, 0.25) is 0 Å². The molecular weight excluding hydrogens is 208 g/mol. The summed E-state index contributed by atoms with van der Waals surface area (Å²) in [6.07, 6.45) is 6.07. The standard InChI is InChI=1S/C15H12N2/c1-2-4-12(5-3-1)6-7-13-8-9-15-14(10-13)11-16-17-15/h1-11H,(H,16,17). The van der Waals surface area contributed by atoms with Crippen LogP contribution in [0.25, 0.3) is 23.1 Å². The molecule has 2 aromatic carbocycles. The van der Waals surface area contributed by atoms with Gasteiger partial charge in [-0.25, -0.2) is 0 Å². The summed E-state index contributed by atoms with van der Waals surface area (Å²) in [5.41, 5.74) is 3.46. The highest BCUT2D eigenvalue weighted by Gasteiger charge is 1.95. The second-order valence-corrected chi connectivity index (χ2v) is 3.96. The van der Waals surface area contributed by atoms with E-state index in [0.29, 0.717) is 0 Å². The van der Waals surface area contributed by atoms with Gasteiger partial charge in [-0.3, -0.25) is 5.10 Å². The van der Waals surface area contributed by atoms with E-state index in [0.717, 1.165) is 10.9 Å². The van der Waals surface area contributed by atoms with Crippen LogP contribution in [0.4, 0.5) is 0 Å². The first kappa shape index (κ1) is 9.85. The lowest BCUT2D eigenvalue weighted by Crippen LogP contribution is -1.73. The average molecular weight is 220 g/mol. The van der Waals surface area contributed by atoms with Gasteiger partial charge < -0.3 is 0 Å². The smallest absolute Gasteiger partial charge is 0.0650 e. The van der Waals surface area contributed by atoms with Crippen molar-refractivity contribution in [2.24, 2.45) is 0 Å². The maximum atomic E-state index is 4.01. The summed E-state index contributed by atoms with van der Waals surface area (Å²) >= 11 is 0. The number of rotatable bonds is 2. The van der Waals surface area contributed by atoms with Crippen molar-refractivity contribution in [3.05, 3.63) is 65.9 Å². The predicted octanol–water partition coefficient (Wildman–Crippen LogP) is 3.73. The average Bonchev–Trinajstić information content (AvgIpc) is 2.85. The Kier molecular flexibility index (Phi) is 2.47. The van der Waals surface area contributed by atoms with Crippen LogP contribution in [0.15, 0.2) is 54.7 Å². The molecule has 0 saturated heterocycles. The molecule has 0 aliphatic rings. The molecule has 0 unspecified atom stereocenters. The van der Waals surface area contributed by atoms with Gasteiger partial charge in [-0.2, -0.15) is 5.10 Å². The summed E-state index contributed by atoms with van der Waals surface area (Å²) in [7, 11) is 0. The number of aromatic amines is 1. The molecule has 0 spiro atoms. The number of benzene rings is 2. The lowest BCUT2D eigenvalue weighted by molar-refractivity contribution is 1.12. The molecule has 2 nitrogen and oxygen atoms in total. The minimum atomic E-state index is 1.07. The molecule has 17 heavy (non-hydrogen) atoms. The monoisotopic (exact) mass is 220 g/mol. The second-order valence-electron chi connectivity index (χ2n) is 3.96. The van der Waals surface area contributed by atoms with E-state index in [1.54, 1.807) is 0 Å².